The van der Waals surface area contributed by atoms with Crippen LogP contribution in [0.4, 0.5) is 0 Å². The summed E-state index contributed by atoms with van der Waals surface area (Å²) in [5.74, 6) is 0. The molecule has 1 heterocycles. The Hall–Kier alpha value is -1.13. The largest absolute Gasteiger partial charge is 0.324 e. The van der Waals surface area contributed by atoms with Gasteiger partial charge in [0, 0.05) is 21.8 Å². The van der Waals surface area contributed by atoms with Gasteiger partial charge in [0.15, 0.2) is 0 Å². The molecule has 0 saturated carbocycles. The number of nitrogens with two attached hydrogens (primary N) is 1. The van der Waals surface area contributed by atoms with Crippen molar-refractivity contribution in [1.82, 2.24) is 9.78 Å². The fraction of sp³-hybridized carbons (Fsp3) is 0.438. The van der Waals surface area contributed by atoms with E-state index < -0.39 is 0 Å². The van der Waals surface area contributed by atoms with Crippen molar-refractivity contribution in [2.75, 3.05) is 0 Å². The molecule has 0 aliphatic heterocycles. The third-order valence-electron chi connectivity index (χ3n) is 3.58. The number of aryl methyl sites for hydroxylation is 1. The molecular weight excluding hydrogens is 314 g/mol. The minimum Gasteiger partial charge on any atom is -0.324 e. The molecule has 1 atom stereocenters. The minimum absolute atomic E-state index is 0.0351. The molecule has 0 aliphatic carbocycles. The van der Waals surface area contributed by atoms with E-state index in [1.165, 1.54) is 16.8 Å². The third kappa shape index (κ3) is 2.96. The molecule has 2 aromatic rings. The third-order valence-corrected chi connectivity index (χ3v) is 4.35. The highest BCUT2D eigenvalue weighted by Crippen LogP contribution is 2.24. The first-order valence-electron chi connectivity index (χ1n) is 7.15. The summed E-state index contributed by atoms with van der Waals surface area (Å²) >= 11 is 3.61. The fourth-order valence-electron chi connectivity index (χ4n) is 2.64. The topological polar surface area (TPSA) is 43.8 Å². The maximum Gasteiger partial charge on any atom is 0.0673 e. The van der Waals surface area contributed by atoms with Gasteiger partial charge in [-0.3, -0.25) is 4.68 Å². The summed E-state index contributed by atoms with van der Waals surface area (Å²) in [7, 11) is 0. The molecule has 108 valence electrons. The summed E-state index contributed by atoms with van der Waals surface area (Å²) in [6, 6.07) is 8.32. The molecule has 0 saturated heterocycles. The van der Waals surface area contributed by atoms with Crippen molar-refractivity contribution in [3.05, 3.63) is 51.3 Å². The zero-order chi connectivity index (χ0) is 14.7. The van der Waals surface area contributed by atoms with Crippen LogP contribution >= 0.6 is 15.9 Å². The van der Waals surface area contributed by atoms with Gasteiger partial charge in [0.25, 0.3) is 0 Å². The van der Waals surface area contributed by atoms with Gasteiger partial charge < -0.3 is 5.73 Å². The Kier molecular flexibility index (Phi) is 5.00. The van der Waals surface area contributed by atoms with Gasteiger partial charge in [-0.05, 0) is 31.4 Å². The highest BCUT2D eigenvalue weighted by atomic mass is 79.9. The van der Waals surface area contributed by atoms with Crippen molar-refractivity contribution < 1.29 is 0 Å². The molecule has 0 spiro atoms. The zero-order valence-electron chi connectivity index (χ0n) is 12.4. The van der Waals surface area contributed by atoms with E-state index in [2.05, 4.69) is 52.7 Å². The van der Waals surface area contributed by atoms with Crippen LogP contribution in [0.25, 0.3) is 0 Å². The van der Waals surface area contributed by atoms with Crippen molar-refractivity contribution in [2.45, 2.75) is 46.2 Å². The van der Waals surface area contributed by atoms with Crippen LogP contribution in [0, 0.1) is 0 Å². The average molecular weight is 336 g/mol. The lowest BCUT2D eigenvalue weighted by molar-refractivity contribution is 0.636. The van der Waals surface area contributed by atoms with Gasteiger partial charge >= 0.3 is 0 Å². The van der Waals surface area contributed by atoms with Gasteiger partial charge in [-0.1, -0.05) is 48.0 Å². The van der Waals surface area contributed by atoms with Crippen LogP contribution in [0.2, 0.25) is 0 Å². The number of aromatic nitrogens is 2. The maximum atomic E-state index is 6.14. The van der Waals surface area contributed by atoms with E-state index in [1.807, 2.05) is 13.0 Å². The highest BCUT2D eigenvalue weighted by Gasteiger charge is 2.18. The zero-order valence-corrected chi connectivity index (χ0v) is 13.9. The second-order valence-electron chi connectivity index (χ2n) is 5.05. The van der Waals surface area contributed by atoms with Gasteiger partial charge in [0.1, 0.15) is 0 Å². The number of rotatable bonds is 5. The molecule has 0 radical (unpaired) electrons. The fourth-order valence-corrected chi connectivity index (χ4v) is 3.05. The highest BCUT2D eigenvalue weighted by molar-refractivity contribution is 9.10. The van der Waals surface area contributed by atoms with Crippen LogP contribution in [-0.4, -0.2) is 9.78 Å². The lowest BCUT2D eigenvalue weighted by Crippen LogP contribution is -2.11. The number of nitrogens with zero attached hydrogens (tertiary/aromatic N) is 2. The molecule has 20 heavy (non-hydrogen) atoms. The Balaban J connectivity index is 2.44. The number of hydrogen-bond acceptors (Lipinski definition) is 2. The van der Waals surface area contributed by atoms with E-state index in [1.54, 1.807) is 0 Å². The van der Waals surface area contributed by atoms with Gasteiger partial charge in [-0.2, -0.15) is 5.10 Å². The molecule has 0 amide bonds. The smallest absolute Gasteiger partial charge is 0.0673 e. The Bertz CT molecular complexity index is 587. The molecule has 1 aromatic heterocycles. The maximum absolute atomic E-state index is 6.14. The van der Waals surface area contributed by atoms with Crippen LogP contribution in [0.3, 0.4) is 0 Å². The van der Waals surface area contributed by atoms with Crippen molar-refractivity contribution >= 4 is 15.9 Å². The Morgan fingerprint density at radius 1 is 1.25 bits per heavy atom. The van der Waals surface area contributed by atoms with E-state index in [9.17, 15) is 0 Å². The Morgan fingerprint density at radius 3 is 2.50 bits per heavy atom. The summed E-state index contributed by atoms with van der Waals surface area (Å²) in [6.07, 6.45) is 1.88. The van der Waals surface area contributed by atoms with E-state index >= 15 is 0 Å². The van der Waals surface area contributed by atoms with Gasteiger partial charge in [-0.25, -0.2) is 0 Å². The predicted molar refractivity (Wildman–Crippen MR) is 86.8 cm³/mol. The normalized spacial score (nSPS) is 12.7. The molecule has 0 fully saturated rings. The molecule has 1 aromatic carbocycles. The van der Waals surface area contributed by atoms with Crippen LogP contribution < -0.4 is 5.73 Å². The van der Waals surface area contributed by atoms with Crippen molar-refractivity contribution in [2.24, 2.45) is 5.73 Å². The Morgan fingerprint density at radius 2 is 1.95 bits per heavy atom. The van der Waals surface area contributed by atoms with E-state index in [0.717, 1.165) is 29.6 Å². The van der Waals surface area contributed by atoms with Crippen LogP contribution in [-0.2, 0) is 19.4 Å². The second-order valence-corrected chi connectivity index (χ2v) is 5.91. The average Bonchev–Trinajstić information content (AvgIpc) is 2.79. The second kappa shape index (κ2) is 6.55. The number of halogens is 1. The van der Waals surface area contributed by atoms with Gasteiger partial charge in [0.05, 0.1) is 12.2 Å². The molecular formula is C16H22BrN3. The van der Waals surface area contributed by atoms with Crippen molar-refractivity contribution in [3.8, 4) is 0 Å². The lowest BCUT2D eigenvalue weighted by atomic mass is 10.0. The summed E-state index contributed by atoms with van der Waals surface area (Å²) < 4.78 is 3.23. The number of hydrogen-bond donors (Lipinski definition) is 1. The van der Waals surface area contributed by atoms with Gasteiger partial charge in [0.2, 0.25) is 0 Å². The molecule has 3 nitrogen and oxygen atoms in total. The molecule has 4 heteroatoms. The standard InChI is InChI=1S/C16H22BrN3/c1-4-14-16(11(3)18)15(5-2)20(19-14)10-12-8-6-7-9-13(12)17/h6-9,11H,4-5,10,18H2,1-3H3. The quantitative estimate of drug-likeness (QED) is 0.902. The predicted octanol–water partition coefficient (Wildman–Crippen LogP) is 3.84. The summed E-state index contributed by atoms with van der Waals surface area (Å²) in [6.45, 7) is 7.12. The SMILES string of the molecule is CCc1nn(Cc2ccccc2Br)c(CC)c1C(C)N. The first-order valence-corrected chi connectivity index (χ1v) is 7.95. The van der Waals surface area contributed by atoms with Crippen LogP contribution in [0.15, 0.2) is 28.7 Å². The molecule has 0 bridgehead atoms. The summed E-state index contributed by atoms with van der Waals surface area (Å²) in [5.41, 5.74) is 11.0. The Labute approximate surface area is 129 Å². The monoisotopic (exact) mass is 335 g/mol. The minimum atomic E-state index is 0.0351. The first kappa shape index (κ1) is 15.3. The van der Waals surface area contributed by atoms with Gasteiger partial charge in [-0.15, -0.1) is 0 Å². The van der Waals surface area contributed by atoms with Crippen LogP contribution in [0.5, 0.6) is 0 Å². The first-order chi connectivity index (χ1) is 9.58. The molecule has 0 aliphatic rings. The molecule has 1 unspecified atom stereocenters. The van der Waals surface area contributed by atoms with E-state index in [4.69, 9.17) is 10.8 Å². The molecule has 2 rings (SSSR count). The van der Waals surface area contributed by atoms with E-state index in [-0.39, 0.29) is 6.04 Å². The number of benzene rings is 1. The summed E-state index contributed by atoms with van der Waals surface area (Å²) in [4.78, 5) is 0. The van der Waals surface area contributed by atoms with Crippen molar-refractivity contribution in [3.63, 3.8) is 0 Å². The van der Waals surface area contributed by atoms with Crippen molar-refractivity contribution in [1.29, 1.82) is 0 Å². The van der Waals surface area contributed by atoms with Crippen LogP contribution in [0.1, 0.15) is 49.3 Å². The lowest BCUT2D eigenvalue weighted by Gasteiger charge is -2.11. The summed E-state index contributed by atoms with van der Waals surface area (Å²) in [5, 5.41) is 4.77. The van der Waals surface area contributed by atoms with E-state index in [0.29, 0.717) is 0 Å². The molecule has 2 N–H and O–H groups in total.